The fraction of sp³-hybridized carbons (Fsp3) is 0.625. The highest BCUT2D eigenvalue weighted by molar-refractivity contribution is 5.85. The maximum Gasteiger partial charge on any atom is 0.241 e. The molecule has 0 saturated carbocycles. The van der Waals surface area contributed by atoms with Gasteiger partial charge in [0.25, 0.3) is 0 Å². The molecular weight excluding hydrogens is 126 g/mol. The van der Waals surface area contributed by atoms with Crippen LogP contribution in [0.1, 0.15) is 26.7 Å². The molecule has 58 valence electrons. The molecule has 2 nitrogen and oxygen atoms in total. The number of hydrogen-bond donors (Lipinski definition) is 1. The third kappa shape index (κ3) is 5.35. The number of carbonyl (C=O) groups excluding carboxylic acids is 1. The van der Waals surface area contributed by atoms with Crippen LogP contribution in [-0.4, -0.2) is 5.91 Å². The second-order valence-electron chi connectivity index (χ2n) is 2.55. The van der Waals surface area contributed by atoms with E-state index in [2.05, 4.69) is 13.8 Å². The molecule has 0 aromatic heterocycles. The van der Waals surface area contributed by atoms with E-state index < -0.39 is 0 Å². The van der Waals surface area contributed by atoms with Crippen LogP contribution in [0.2, 0.25) is 0 Å². The summed E-state index contributed by atoms with van der Waals surface area (Å²) in [5, 5.41) is 0. The van der Waals surface area contributed by atoms with E-state index in [9.17, 15) is 4.79 Å². The van der Waals surface area contributed by atoms with Crippen LogP contribution in [0, 0.1) is 5.92 Å². The van der Waals surface area contributed by atoms with Gasteiger partial charge < -0.3 is 5.73 Å². The van der Waals surface area contributed by atoms with Gasteiger partial charge in [0.15, 0.2) is 0 Å². The first-order chi connectivity index (χ1) is 4.66. The van der Waals surface area contributed by atoms with Gasteiger partial charge in [0.2, 0.25) is 5.91 Å². The standard InChI is InChI=1S/C8H15NO/c1-3-7(2)5-4-6-8(9)10/h4,6-7H,3,5H2,1-2H3,(H2,9,10)/b6-4+/t7-/m0/s1. The van der Waals surface area contributed by atoms with E-state index in [0.717, 1.165) is 12.8 Å². The molecule has 0 fully saturated rings. The summed E-state index contributed by atoms with van der Waals surface area (Å²) in [6.07, 6.45) is 5.34. The number of nitrogens with two attached hydrogens (primary N) is 1. The maximum atomic E-state index is 10.2. The van der Waals surface area contributed by atoms with Gasteiger partial charge >= 0.3 is 0 Å². The molecule has 10 heavy (non-hydrogen) atoms. The second kappa shape index (κ2) is 5.03. The molecule has 0 aliphatic rings. The Hall–Kier alpha value is -0.790. The molecule has 1 amide bonds. The van der Waals surface area contributed by atoms with Gasteiger partial charge in [-0.2, -0.15) is 0 Å². The Morgan fingerprint density at radius 1 is 1.70 bits per heavy atom. The minimum absolute atomic E-state index is 0.358. The lowest BCUT2D eigenvalue weighted by Crippen LogP contribution is -2.05. The fourth-order valence-electron chi connectivity index (χ4n) is 0.583. The molecule has 2 heteroatoms. The van der Waals surface area contributed by atoms with Crippen LogP contribution < -0.4 is 5.73 Å². The second-order valence-corrected chi connectivity index (χ2v) is 2.55. The van der Waals surface area contributed by atoms with Gasteiger partial charge in [-0.1, -0.05) is 26.3 Å². The maximum absolute atomic E-state index is 10.2. The lowest BCUT2D eigenvalue weighted by Gasteiger charge is -2.01. The first-order valence-corrected chi connectivity index (χ1v) is 3.62. The minimum Gasteiger partial charge on any atom is -0.366 e. The number of hydrogen-bond acceptors (Lipinski definition) is 1. The zero-order valence-corrected chi connectivity index (χ0v) is 6.63. The van der Waals surface area contributed by atoms with E-state index in [1.54, 1.807) is 0 Å². The van der Waals surface area contributed by atoms with Crippen molar-refractivity contribution in [2.45, 2.75) is 26.7 Å². The summed E-state index contributed by atoms with van der Waals surface area (Å²) in [7, 11) is 0. The van der Waals surface area contributed by atoms with Crippen molar-refractivity contribution in [3.8, 4) is 0 Å². The van der Waals surface area contributed by atoms with Crippen LogP contribution in [0.15, 0.2) is 12.2 Å². The summed E-state index contributed by atoms with van der Waals surface area (Å²) < 4.78 is 0. The van der Waals surface area contributed by atoms with Crippen molar-refractivity contribution in [3.63, 3.8) is 0 Å². The van der Waals surface area contributed by atoms with Crippen molar-refractivity contribution in [2.24, 2.45) is 11.7 Å². The Morgan fingerprint density at radius 3 is 2.70 bits per heavy atom. The summed E-state index contributed by atoms with van der Waals surface area (Å²) in [5.41, 5.74) is 4.89. The molecule has 0 spiro atoms. The Morgan fingerprint density at radius 2 is 2.30 bits per heavy atom. The highest BCUT2D eigenvalue weighted by atomic mass is 16.1. The van der Waals surface area contributed by atoms with Gasteiger partial charge in [0.05, 0.1) is 0 Å². The largest absolute Gasteiger partial charge is 0.366 e. The number of amides is 1. The van der Waals surface area contributed by atoms with Gasteiger partial charge in [0.1, 0.15) is 0 Å². The van der Waals surface area contributed by atoms with Crippen LogP contribution in [0.25, 0.3) is 0 Å². The first kappa shape index (κ1) is 9.21. The predicted octanol–water partition coefficient (Wildman–Crippen LogP) is 1.46. The van der Waals surface area contributed by atoms with E-state index in [4.69, 9.17) is 5.73 Å². The number of rotatable bonds is 4. The third-order valence-corrected chi connectivity index (χ3v) is 1.52. The van der Waals surface area contributed by atoms with Crippen LogP contribution in [-0.2, 0) is 4.79 Å². The molecule has 0 aromatic rings. The molecule has 0 aliphatic carbocycles. The molecule has 0 rings (SSSR count). The Kier molecular flexibility index (Phi) is 4.63. The molecule has 0 radical (unpaired) electrons. The van der Waals surface area contributed by atoms with Gasteiger partial charge in [-0.15, -0.1) is 0 Å². The Labute approximate surface area is 62.1 Å². The molecular formula is C8H15NO. The highest BCUT2D eigenvalue weighted by Gasteiger charge is 1.93. The van der Waals surface area contributed by atoms with Crippen LogP contribution >= 0.6 is 0 Å². The van der Waals surface area contributed by atoms with E-state index in [1.165, 1.54) is 6.08 Å². The number of primary amides is 1. The van der Waals surface area contributed by atoms with E-state index >= 15 is 0 Å². The van der Waals surface area contributed by atoms with Crippen molar-refractivity contribution in [1.29, 1.82) is 0 Å². The van der Waals surface area contributed by atoms with Crippen LogP contribution in [0.5, 0.6) is 0 Å². The average molecular weight is 141 g/mol. The van der Waals surface area contributed by atoms with Crippen molar-refractivity contribution < 1.29 is 4.79 Å². The summed E-state index contributed by atoms with van der Waals surface area (Å²) >= 11 is 0. The number of carbonyl (C=O) groups is 1. The molecule has 1 atom stereocenters. The van der Waals surface area contributed by atoms with E-state index in [1.807, 2.05) is 6.08 Å². The Bertz CT molecular complexity index is 129. The number of allylic oxidation sites excluding steroid dienone is 1. The normalized spacial score (nSPS) is 13.8. The molecule has 0 unspecified atom stereocenters. The van der Waals surface area contributed by atoms with Crippen molar-refractivity contribution >= 4 is 5.91 Å². The molecule has 0 aromatic carbocycles. The SMILES string of the molecule is CC[C@H](C)C/C=C/C(N)=O. The van der Waals surface area contributed by atoms with Gasteiger partial charge in [0, 0.05) is 0 Å². The minimum atomic E-state index is -0.358. The summed E-state index contributed by atoms with van der Waals surface area (Å²) in [6, 6.07) is 0. The van der Waals surface area contributed by atoms with Crippen molar-refractivity contribution in [1.82, 2.24) is 0 Å². The molecule has 0 saturated heterocycles. The summed E-state index contributed by atoms with van der Waals surface area (Å²) in [5.74, 6) is 0.291. The molecule has 0 heterocycles. The van der Waals surface area contributed by atoms with E-state index in [0.29, 0.717) is 5.92 Å². The fourth-order valence-corrected chi connectivity index (χ4v) is 0.583. The van der Waals surface area contributed by atoms with Crippen molar-refractivity contribution in [3.05, 3.63) is 12.2 Å². The Balaban J connectivity index is 3.43. The average Bonchev–Trinajstić information content (AvgIpc) is 1.87. The summed E-state index contributed by atoms with van der Waals surface area (Å²) in [6.45, 7) is 4.27. The smallest absolute Gasteiger partial charge is 0.241 e. The third-order valence-electron chi connectivity index (χ3n) is 1.52. The van der Waals surface area contributed by atoms with Crippen molar-refractivity contribution in [2.75, 3.05) is 0 Å². The lowest BCUT2D eigenvalue weighted by molar-refractivity contribution is -0.113. The summed E-state index contributed by atoms with van der Waals surface area (Å²) in [4.78, 5) is 10.2. The van der Waals surface area contributed by atoms with Crippen LogP contribution in [0.3, 0.4) is 0 Å². The molecule has 0 bridgehead atoms. The lowest BCUT2D eigenvalue weighted by atomic mass is 10.1. The van der Waals surface area contributed by atoms with Gasteiger partial charge in [-0.05, 0) is 18.4 Å². The first-order valence-electron chi connectivity index (χ1n) is 3.62. The predicted molar refractivity (Wildman–Crippen MR) is 42.4 cm³/mol. The van der Waals surface area contributed by atoms with Crippen LogP contribution in [0.4, 0.5) is 0 Å². The van der Waals surface area contributed by atoms with Gasteiger partial charge in [-0.25, -0.2) is 0 Å². The zero-order valence-electron chi connectivity index (χ0n) is 6.63. The molecule has 0 aliphatic heterocycles. The van der Waals surface area contributed by atoms with E-state index in [-0.39, 0.29) is 5.91 Å². The van der Waals surface area contributed by atoms with Gasteiger partial charge in [-0.3, -0.25) is 4.79 Å². The quantitative estimate of drug-likeness (QED) is 0.592. The monoisotopic (exact) mass is 141 g/mol. The topological polar surface area (TPSA) is 43.1 Å². The molecule has 2 N–H and O–H groups in total. The zero-order chi connectivity index (χ0) is 7.98. The highest BCUT2D eigenvalue weighted by Crippen LogP contribution is 2.05.